The van der Waals surface area contributed by atoms with E-state index in [9.17, 15) is 4.79 Å². The number of carbonyl (C=O) groups is 1. The number of para-hydroxylation sites is 1. The maximum absolute atomic E-state index is 13.6. The van der Waals surface area contributed by atoms with E-state index in [1.165, 1.54) is 50.8 Å². The molecule has 0 aliphatic carbocycles. The van der Waals surface area contributed by atoms with Gasteiger partial charge in [-0.2, -0.15) is 0 Å². The lowest BCUT2D eigenvalue weighted by Crippen LogP contribution is -2.47. The molecule has 2 aromatic carbocycles. The summed E-state index contributed by atoms with van der Waals surface area (Å²) in [7, 11) is 0. The van der Waals surface area contributed by atoms with Crippen LogP contribution in [0.4, 0.5) is 5.69 Å². The zero-order valence-corrected chi connectivity index (χ0v) is 17.9. The Kier molecular flexibility index (Phi) is 5.87. The molecule has 30 heavy (non-hydrogen) atoms. The van der Waals surface area contributed by atoms with Crippen LogP contribution in [0.5, 0.6) is 0 Å². The van der Waals surface area contributed by atoms with Gasteiger partial charge in [0.2, 0.25) is 0 Å². The number of benzene rings is 2. The van der Waals surface area contributed by atoms with Gasteiger partial charge in [0.1, 0.15) is 0 Å². The molecule has 0 bridgehead atoms. The average Bonchev–Trinajstić information content (AvgIpc) is 2.84. The number of hydrogen-bond donors (Lipinski definition) is 1. The minimum atomic E-state index is -0.234. The Morgan fingerprint density at radius 2 is 1.60 bits per heavy atom. The highest BCUT2D eigenvalue weighted by Crippen LogP contribution is 2.32. The lowest BCUT2D eigenvalue weighted by Gasteiger charge is -2.41. The molecular formula is C26H33N3O. The highest BCUT2D eigenvalue weighted by atomic mass is 16.1. The minimum Gasteiger partial charge on any atom is -0.371 e. The number of fused-ring (bicyclic) bond motifs is 1. The molecule has 0 spiro atoms. The molecule has 1 atom stereocenters. The standard InChI is InChI=1S/C26H33N3O/c30-26(25-22-9-3-2-8-20(22)12-15-27-25)23-10-4-5-11-24(23)29-18-13-21(14-19-29)28-16-6-1-7-17-28/h2-5,8-11,21,25,27H,1,6-7,12-19H2. The van der Waals surface area contributed by atoms with Gasteiger partial charge >= 0.3 is 0 Å². The van der Waals surface area contributed by atoms with Crippen molar-refractivity contribution in [3.05, 3.63) is 65.2 Å². The molecular weight excluding hydrogens is 370 g/mol. The normalized spacial score (nSPS) is 23.2. The number of rotatable bonds is 4. The van der Waals surface area contributed by atoms with Gasteiger partial charge in [0.05, 0.1) is 6.04 Å². The van der Waals surface area contributed by atoms with Crippen molar-refractivity contribution < 1.29 is 4.79 Å². The van der Waals surface area contributed by atoms with Gasteiger partial charge in [0, 0.05) is 36.9 Å². The number of piperidine rings is 2. The van der Waals surface area contributed by atoms with Crippen molar-refractivity contribution in [2.75, 3.05) is 37.6 Å². The molecule has 158 valence electrons. The van der Waals surface area contributed by atoms with Crippen LogP contribution in [0.15, 0.2) is 48.5 Å². The van der Waals surface area contributed by atoms with E-state index in [0.717, 1.165) is 48.9 Å². The zero-order valence-electron chi connectivity index (χ0n) is 17.9. The predicted molar refractivity (Wildman–Crippen MR) is 122 cm³/mol. The van der Waals surface area contributed by atoms with E-state index in [-0.39, 0.29) is 11.8 Å². The van der Waals surface area contributed by atoms with Gasteiger partial charge in [-0.1, -0.05) is 42.8 Å². The van der Waals surface area contributed by atoms with Crippen LogP contribution in [-0.2, 0) is 6.42 Å². The van der Waals surface area contributed by atoms with Crippen LogP contribution < -0.4 is 10.2 Å². The first-order valence-electron chi connectivity index (χ1n) is 11.7. The quantitative estimate of drug-likeness (QED) is 0.776. The average molecular weight is 404 g/mol. The molecule has 2 fully saturated rings. The monoisotopic (exact) mass is 403 g/mol. The third-order valence-electron chi connectivity index (χ3n) is 7.25. The Balaban J connectivity index is 1.33. The fourth-order valence-corrected chi connectivity index (χ4v) is 5.61. The first kappa shape index (κ1) is 19.8. The van der Waals surface area contributed by atoms with Gasteiger partial charge in [-0.05, 0) is 68.5 Å². The molecule has 0 amide bonds. The number of anilines is 1. The fraction of sp³-hybridized carbons (Fsp3) is 0.500. The maximum atomic E-state index is 13.6. The van der Waals surface area contributed by atoms with E-state index in [4.69, 9.17) is 0 Å². The van der Waals surface area contributed by atoms with Crippen molar-refractivity contribution in [2.24, 2.45) is 0 Å². The number of carbonyl (C=O) groups excluding carboxylic acids is 1. The summed E-state index contributed by atoms with van der Waals surface area (Å²) in [4.78, 5) is 18.8. The summed E-state index contributed by atoms with van der Waals surface area (Å²) < 4.78 is 0. The molecule has 0 saturated carbocycles. The zero-order chi connectivity index (χ0) is 20.3. The highest BCUT2D eigenvalue weighted by molar-refractivity contribution is 6.05. The number of nitrogens with one attached hydrogen (secondary N) is 1. The number of Topliss-reactive ketones (excluding diaryl/α,β-unsaturated/α-hetero) is 1. The summed E-state index contributed by atoms with van der Waals surface area (Å²) in [5.74, 6) is 0.205. The Labute approximate surface area is 180 Å². The predicted octanol–water partition coefficient (Wildman–Crippen LogP) is 4.21. The smallest absolute Gasteiger partial charge is 0.186 e. The van der Waals surface area contributed by atoms with E-state index in [1.54, 1.807) is 0 Å². The Bertz CT molecular complexity index is 881. The van der Waals surface area contributed by atoms with Crippen LogP contribution in [-0.4, -0.2) is 49.4 Å². The second-order valence-electron chi connectivity index (χ2n) is 9.03. The molecule has 0 radical (unpaired) electrons. The van der Waals surface area contributed by atoms with E-state index >= 15 is 0 Å². The molecule has 2 saturated heterocycles. The number of hydrogen-bond acceptors (Lipinski definition) is 4. The fourth-order valence-electron chi connectivity index (χ4n) is 5.61. The van der Waals surface area contributed by atoms with Crippen LogP contribution >= 0.6 is 0 Å². The molecule has 4 heteroatoms. The van der Waals surface area contributed by atoms with Crippen molar-refractivity contribution in [2.45, 2.75) is 50.6 Å². The van der Waals surface area contributed by atoms with Crippen molar-refractivity contribution in [1.29, 1.82) is 0 Å². The first-order chi connectivity index (χ1) is 14.8. The van der Waals surface area contributed by atoms with Crippen LogP contribution in [0.25, 0.3) is 0 Å². The summed E-state index contributed by atoms with van der Waals surface area (Å²) in [6.07, 6.45) is 7.50. The molecule has 0 aromatic heterocycles. The van der Waals surface area contributed by atoms with Crippen molar-refractivity contribution in [3.8, 4) is 0 Å². The van der Waals surface area contributed by atoms with Gasteiger partial charge in [-0.15, -0.1) is 0 Å². The number of nitrogens with zero attached hydrogens (tertiary/aromatic N) is 2. The second-order valence-corrected chi connectivity index (χ2v) is 9.03. The Hall–Kier alpha value is -2.17. The van der Waals surface area contributed by atoms with Crippen LogP contribution in [0, 0.1) is 0 Å². The SMILES string of the molecule is O=C(c1ccccc1N1CCC(N2CCCCC2)CC1)C1NCCc2ccccc21. The van der Waals surface area contributed by atoms with Gasteiger partial charge in [0.15, 0.2) is 5.78 Å². The summed E-state index contributed by atoms with van der Waals surface area (Å²) in [5, 5.41) is 3.48. The third kappa shape index (κ3) is 3.91. The maximum Gasteiger partial charge on any atom is 0.186 e. The minimum absolute atomic E-state index is 0.205. The molecule has 3 heterocycles. The second kappa shape index (κ2) is 8.91. The van der Waals surface area contributed by atoms with E-state index in [1.807, 2.05) is 18.2 Å². The lowest BCUT2D eigenvalue weighted by molar-refractivity contribution is 0.0939. The van der Waals surface area contributed by atoms with E-state index in [2.05, 4.69) is 45.4 Å². The first-order valence-corrected chi connectivity index (χ1v) is 11.7. The van der Waals surface area contributed by atoms with Crippen molar-refractivity contribution >= 4 is 11.5 Å². The van der Waals surface area contributed by atoms with Gasteiger partial charge in [-0.25, -0.2) is 0 Å². The molecule has 1 N–H and O–H groups in total. The topological polar surface area (TPSA) is 35.6 Å². The number of likely N-dealkylation sites (tertiary alicyclic amines) is 1. The van der Waals surface area contributed by atoms with E-state index < -0.39 is 0 Å². The largest absolute Gasteiger partial charge is 0.371 e. The number of ketones is 1. The Morgan fingerprint density at radius 3 is 2.43 bits per heavy atom. The highest BCUT2D eigenvalue weighted by Gasteiger charge is 2.31. The summed E-state index contributed by atoms with van der Waals surface area (Å²) in [5.41, 5.74) is 4.43. The van der Waals surface area contributed by atoms with Crippen LogP contribution in [0.1, 0.15) is 59.6 Å². The molecule has 4 nitrogen and oxygen atoms in total. The molecule has 5 rings (SSSR count). The summed E-state index contributed by atoms with van der Waals surface area (Å²) >= 11 is 0. The Morgan fingerprint density at radius 1 is 0.867 bits per heavy atom. The molecule has 3 aliphatic rings. The van der Waals surface area contributed by atoms with Crippen molar-refractivity contribution in [1.82, 2.24) is 10.2 Å². The van der Waals surface area contributed by atoms with Gasteiger partial charge < -0.3 is 15.1 Å². The van der Waals surface area contributed by atoms with Crippen LogP contribution in [0.3, 0.4) is 0 Å². The summed E-state index contributed by atoms with van der Waals surface area (Å²) in [6, 6.07) is 17.1. The van der Waals surface area contributed by atoms with Crippen molar-refractivity contribution in [3.63, 3.8) is 0 Å². The third-order valence-corrected chi connectivity index (χ3v) is 7.25. The molecule has 3 aliphatic heterocycles. The molecule has 1 unspecified atom stereocenters. The summed E-state index contributed by atoms with van der Waals surface area (Å²) in [6.45, 7) is 5.48. The van der Waals surface area contributed by atoms with Gasteiger partial charge in [0.25, 0.3) is 0 Å². The lowest BCUT2D eigenvalue weighted by atomic mass is 9.88. The molecule has 2 aromatic rings. The van der Waals surface area contributed by atoms with Crippen LogP contribution in [0.2, 0.25) is 0 Å². The van der Waals surface area contributed by atoms with E-state index in [0.29, 0.717) is 0 Å². The van der Waals surface area contributed by atoms with Gasteiger partial charge in [-0.3, -0.25) is 4.79 Å².